The Balaban J connectivity index is 2.15. The van der Waals surface area contributed by atoms with E-state index in [2.05, 4.69) is 19.2 Å². The van der Waals surface area contributed by atoms with E-state index in [1.807, 2.05) is 24.3 Å². The molecular weight excluding hydrogens is 288 g/mol. The molecule has 0 radical (unpaired) electrons. The summed E-state index contributed by atoms with van der Waals surface area (Å²) in [5.41, 5.74) is 2.70. The summed E-state index contributed by atoms with van der Waals surface area (Å²) in [6.45, 7) is 4.59. The molecule has 1 N–H and O–H groups in total. The minimum absolute atomic E-state index is 0.0359. The lowest BCUT2D eigenvalue weighted by molar-refractivity contribution is -0.385. The normalized spacial score (nSPS) is 10.7. The molecule has 0 atom stereocenters. The van der Waals surface area contributed by atoms with Crippen molar-refractivity contribution in [2.24, 2.45) is 0 Å². The summed E-state index contributed by atoms with van der Waals surface area (Å²) in [4.78, 5) is 10.6. The van der Waals surface area contributed by atoms with E-state index in [1.54, 1.807) is 12.1 Å². The summed E-state index contributed by atoms with van der Waals surface area (Å²) in [6, 6.07) is 12.7. The highest BCUT2D eigenvalue weighted by Crippen LogP contribution is 2.27. The Bertz CT molecular complexity index is 639. The van der Waals surface area contributed by atoms with Crippen molar-refractivity contribution >= 4 is 23.0 Å². The molecule has 0 aliphatic heterocycles. The van der Waals surface area contributed by atoms with Crippen molar-refractivity contribution in [1.29, 1.82) is 0 Å². The molecule has 0 bridgehead atoms. The Labute approximate surface area is 128 Å². The number of benzene rings is 2. The molecule has 0 spiro atoms. The Kier molecular flexibility index (Phi) is 4.81. The van der Waals surface area contributed by atoms with Gasteiger partial charge in [0.2, 0.25) is 0 Å². The van der Waals surface area contributed by atoms with Crippen LogP contribution in [0.5, 0.6) is 0 Å². The number of anilines is 1. The summed E-state index contributed by atoms with van der Waals surface area (Å²) in [5, 5.41) is 14.6. The summed E-state index contributed by atoms with van der Waals surface area (Å²) >= 11 is 6.06. The van der Waals surface area contributed by atoms with Crippen LogP contribution in [0.25, 0.3) is 0 Å². The van der Waals surface area contributed by atoms with Gasteiger partial charge in [-0.3, -0.25) is 10.1 Å². The standard InChI is InChI=1S/C16H17ClN2O2/c1-11(2)12-6-8-13(9-7-12)18-10-14-15(17)4-3-5-16(14)19(20)21/h3-9,11,18H,10H2,1-2H3. The molecular formula is C16H17ClN2O2. The first-order valence-electron chi connectivity index (χ1n) is 6.74. The van der Waals surface area contributed by atoms with Crippen molar-refractivity contribution in [3.8, 4) is 0 Å². The van der Waals surface area contributed by atoms with Crippen molar-refractivity contribution in [3.63, 3.8) is 0 Å². The number of nitro benzene ring substituents is 1. The largest absolute Gasteiger partial charge is 0.381 e. The van der Waals surface area contributed by atoms with Crippen LogP contribution < -0.4 is 5.32 Å². The molecule has 110 valence electrons. The molecule has 0 amide bonds. The van der Waals surface area contributed by atoms with E-state index in [0.29, 0.717) is 23.0 Å². The van der Waals surface area contributed by atoms with Crippen molar-refractivity contribution < 1.29 is 4.92 Å². The molecule has 2 aromatic rings. The van der Waals surface area contributed by atoms with E-state index in [1.165, 1.54) is 11.6 Å². The lowest BCUT2D eigenvalue weighted by Gasteiger charge is -2.10. The average molecular weight is 305 g/mol. The fourth-order valence-electron chi connectivity index (χ4n) is 2.07. The lowest BCUT2D eigenvalue weighted by atomic mass is 10.0. The van der Waals surface area contributed by atoms with Crippen LogP contribution in [0, 0.1) is 10.1 Å². The number of nitrogens with one attached hydrogen (secondary N) is 1. The Morgan fingerprint density at radius 3 is 2.43 bits per heavy atom. The van der Waals surface area contributed by atoms with Crippen molar-refractivity contribution in [2.45, 2.75) is 26.3 Å². The minimum atomic E-state index is -0.412. The van der Waals surface area contributed by atoms with Gasteiger partial charge < -0.3 is 5.32 Å². The third-order valence-electron chi connectivity index (χ3n) is 3.34. The van der Waals surface area contributed by atoms with E-state index in [-0.39, 0.29) is 5.69 Å². The monoisotopic (exact) mass is 304 g/mol. The Morgan fingerprint density at radius 1 is 1.19 bits per heavy atom. The summed E-state index contributed by atoms with van der Waals surface area (Å²) in [7, 11) is 0. The highest BCUT2D eigenvalue weighted by atomic mass is 35.5. The van der Waals surface area contributed by atoms with Gasteiger partial charge in [0.25, 0.3) is 5.69 Å². The minimum Gasteiger partial charge on any atom is -0.381 e. The van der Waals surface area contributed by atoms with Crippen LogP contribution in [0.4, 0.5) is 11.4 Å². The molecule has 0 aromatic heterocycles. The highest BCUT2D eigenvalue weighted by molar-refractivity contribution is 6.31. The maximum atomic E-state index is 11.0. The van der Waals surface area contributed by atoms with Crippen molar-refractivity contribution in [1.82, 2.24) is 0 Å². The molecule has 0 saturated carbocycles. The van der Waals surface area contributed by atoms with Gasteiger partial charge in [0.15, 0.2) is 0 Å². The Morgan fingerprint density at radius 2 is 1.86 bits per heavy atom. The van der Waals surface area contributed by atoms with Crippen LogP contribution in [0.3, 0.4) is 0 Å². The number of hydrogen-bond donors (Lipinski definition) is 1. The Hall–Kier alpha value is -2.07. The van der Waals surface area contributed by atoms with Gasteiger partial charge >= 0.3 is 0 Å². The summed E-state index contributed by atoms with van der Waals surface area (Å²) in [5.74, 6) is 0.476. The quantitative estimate of drug-likeness (QED) is 0.626. The predicted molar refractivity (Wildman–Crippen MR) is 86.0 cm³/mol. The van der Waals surface area contributed by atoms with Crippen LogP contribution in [0.1, 0.15) is 30.9 Å². The maximum absolute atomic E-state index is 11.0. The molecule has 5 heteroatoms. The van der Waals surface area contributed by atoms with E-state index in [4.69, 9.17) is 11.6 Å². The summed E-state index contributed by atoms with van der Waals surface area (Å²) in [6.07, 6.45) is 0. The molecule has 0 unspecified atom stereocenters. The fraction of sp³-hybridized carbons (Fsp3) is 0.250. The van der Waals surface area contributed by atoms with Gasteiger partial charge in [-0.1, -0.05) is 43.6 Å². The first kappa shape index (κ1) is 15.3. The van der Waals surface area contributed by atoms with Crippen LogP contribution in [0.2, 0.25) is 5.02 Å². The molecule has 21 heavy (non-hydrogen) atoms. The summed E-state index contributed by atoms with van der Waals surface area (Å²) < 4.78 is 0. The second kappa shape index (κ2) is 6.59. The van der Waals surface area contributed by atoms with E-state index in [0.717, 1.165) is 5.69 Å². The topological polar surface area (TPSA) is 55.2 Å². The zero-order chi connectivity index (χ0) is 15.4. The van der Waals surface area contributed by atoms with Crippen LogP contribution in [0.15, 0.2) is 42.5 Å². The average Bonchev–Trinajstić information content (AvgIpc) is 2.46. The third kappa shape index (κ3) is 3.73. The van der Waals surface area contributed by atoms with Gasteiger partial charge in [0, 0.05) is 18.3 Å². The van der Waals surface area contributed by atoms with Crippen molar-refractivity contribution in [2.75, 3.05) is 5.32 Å². The van der Waals surface area contributed by atoms with Crippen LogP contribution in [-0.4, -0.2) is 4.92 Å². The first-order valence-corrected chi connectivity index (χ1v) is 7.12. The molecule has 0 aliphatic rings. The van der Waals surface area contributed by atoms with Crippen molar-refractivity contribution in [3.05, 3.63) is 68.7 Å². The molecule has 0 saturated heterocycles. The molecule has 2 rings (SSSR count). The number of nitrogens with zero attached hydrogens (tertiary/aromatic N) is 1. The van der Waals surface area contributed by atoms with E-state index < -0.39 is 4.92 Å². The lowest BCUT2D eigenvalue weighted by Crippen LogP contribution is -2.04. The van der Waals surface area contributed by atoms with Gasteiger partial charge in [0.05, 0.1) is 15.5 Å². The predicted octanol–water partition coefficient (Wildman–Crippen LogP) is 4.98. The number of halogens is 1. The van der Waals surface area contributed by atoms with Gasteiger partial charge in [-0.15, -0.1) is 0 Å². The molecule has 0 heterocycles. The molecule has 0 aliphatic carbocycles. The van der Waals surface area contributed by atoms with Gasteiger partial charge in [-0.05, 0) is 29.7 Å². The van der Waals surface area contributed by atoms with E-state index >= 15 is 0 Å². The zero-order valence-electron chi connectivity index (χ0n) is 12.0. The highest BCUT2D eigenvalue weighted by Gasteiger charge is 2.16. The van der Waals surface area contributed by atoms with E-state index in [9.17, 15) is 10.1 Å². The molecule has 0 fully saturated rings. The maximum Gasteiger partial charge on any atom is 0.275 e. The number of hydrogen-bond acceptors (Lipinski definition) is 3. The van der Waals surface area contributed by atoms with Crippen LogP contribution in [-0.2, 0) is 6.54 Å². The smallest absolute Gasteiger partial charge is 0.275 e. The number of rotatable bonds is 5. The second-order valence-electron chi connectivity index (χ2n) is 5.12. The molecule has 4 nitrogen and oxygen atoms in total. The van der Waals surface area contributed by atoms with Gasteiger partial charge in [0.1, 0.15) is 0 Å². The molecule has 2 aromatic carbocycles. The SMILES string of the molecule is CC(C)c1ccc(NCc2c(Cl)cccc2[N+](=O)[O-])cc1. The number of nitro groups is 1. The zero-order valence-corrected chi connectivity index (χ0v) is 12.7. The fourth-order valence-corrected chi connectivity index (χ4v) is 2.31. The van der Waals surface area contributed by atoms with Gasteiger partial charge in [-0.25, -0.2) is 0 Å². The third-order valence-corrected chi connectivity index (χ3v) is 3.69. The van der Waals surface area contributed by atoms with Gasteiger partial charge in [-0.2, -0.15) is 0 Å². The second-order valence-corrected chi connectivity index (χ2v) is 5.53. The first-order chi connectivity index (χ1) is 9.99. The van der Waals surface area contributed by atoms with Crippen LogP contribution >= 0.6 is 11.6 Å².